The van der Waals surface area contributed by atoms with Gasteiger partial charge in [0.15, 0.2) is 0 Å². The van der Waals surface area contributed by atoms with Crippen molar-refractivity contribution in [2.24, 2.45) is 5.92 Å². The van der Waals surface area contributed by atoms with Crippen molar-refractivity contribution in [3.8, 4) is 0 Å². The molecule has 0 saturated carbocycles. The molecular weight excluding hydrogens is 377 g/mol. The molecule has 0 aliphatic carbocycles. The predicted octanol–water partition coefficient (Wildman–Crippen LogP) is 2.49. The monoisotopic (exact) mass is 405 g/mol. The van der Waals surface area contributed by atoms with E-state index in [0.717, 1.165) is 0 Å². The summed E-state index contributed by atoms with van der Waals surface area (Å²) < 4.78 is 10.4. The van der Waals surface area contributed by atoms with Gasteiger partial charge in [-0.1, -0.05) is 0 Å². The molecular formula is C16H28AsNO6. The Bertz CT molecular complexity index is 494. The molecule has 1 unspecified atom stereocenters. The summed E-state index contributed by atoms with van der Waals surface area (Å²) in [5, 5.41) is 9.96. The average Bonchev–Trinajstić information content (AvgIpc) is 2.76. The van der Waals surface area contributed by atoms with Crippen molar-refractivity contribution in [2.45, 2.75) is 70.4 Å². The summed E-state index contributed by atoms with van der Waals surface area (Å²) in [4.78, 5) is 36.7. The molecule has 0 radical (unpaired) electrons. The van der Waals surface area contributed by atoms with Gasteiger partial charge in [0.1, 0.15) is 0 Å². The van der Waals surface area contributed by atoms with E-state index < -0.39 is 45.1 Å². The van der Waals surface area contributed by atoms with E-state index in [-0.39, 0.29) is 10.7 Å². The fraction of sp³-hybridized carbons (Fsp3) is 0.812. The molecule has 1 aliphatic heterocycles. The van der Waals surface area contributed by atoms with E-state index in [1.54, 1.807) is 20.8 Å². The van der Waals surface area contributed by atoms with Crippen LogP contribution in [-0.2, 0) is 14.3 Å². The number of nitrogens with zero attached hydrogens (tertiary/aromatic N) is 1. The second-order valence-corrected chi connectivity index (χ2v) is 10.4. The van der Waals surface area contributed by atoms with Crippen LogP contribution in [0.4, 0.5) is 9.59 Å². The van der Waals surface area contributed by atoms with Gasteiger partial charge in [0.25, 0.3) is 0 Å². The Morgan fingerprint density at radius 3 is 2.08 bits per heavy atom. The number of rotatable bonds is 4. The van der Waals surface area contributed by atoms with E-state index in [1.165, 1.54) is 4.90 Å². The van der Waals surface area contributed by atoms with Crippen molar-refractivity contribution in [2.75, 3.05) is 6.54 Å². The summed E-state index contributed by atoms with van der Waals surface area (Å²) >= 11 is -1.00. The van der Waals surface area contributed by atoms with Crippen LogP contribution in [0.5, 0.6) is 0 Å². The zero-order valence-corrected chi connectivity index (χ0v) is 17.3. The number of ether oxygens (including phenoxy) is 2. The first kappa shape index (κ1) is 20.8. The molecule has 1 fully saturated rings. The molecule has 1 heterocycles. The van der Waals surface area contributed by atoms with Crippen LogP contribution < -0.4 is 0 Å². The molecule has 7 nitrogen and oxygen atoms in total. The second-order valence-electron chi connectivity index (χ2n) is 7.97. The third kappa shape index (κ3) is 7.12. The van der Waals surface area contributed by atoms with E-state index >= 15 is 0 Å². The van der Waals surface area contributed by atoms with Crippen LogP contribution in [0.2, 0.25) is 5.21 Å². The van der Waals surface area contributed by atoms with Gasteiger partial charge in [-0.05, 0) is 0 Å². The van der Waals surface area contributed by atoms with Crippen LogP contribution >= 0.6 is 0 Å². The second kappa shape index (κ2) is 7.77. The van der Waals surface area contributed by atoms with Crippen molar-refractivity contribution >= 4 is 32.6 Å². The van der Waals surface area contributed by atoms with Gasteiger partial charge in [-0.15, -0.1) is 0 Å². The number of likely N-dealkylation sites (tertiary alicyclic amines) is 1. The van der Waals surface area contributed by atoms with Crippen molar-refractivity contribution in [1.29, 1.82) is 0 Å². The molecule has 3 atom stereocenters. The summed E-state index contributed by atoms with van der Waals surface area (Å²) in [6.45, 7) is 11.0. The number of carbonyl (C=O) groups excluding carboxylic acids is 2. The van der Waals surface area contributed by atoms with Crippen LogP contribution in [0.1, 0.15) is 48.0 Å². The van der Waals surface area contributed by atoms with Crippen molar-refractivity contribution in [3.63, 3.8) is 0 Å². The normalized spacial score (nSPS) is 22.0. The van der Waals surface area contributed by atoms with Gasteiger partial charge in [-0.3, -0.25) is 0 Å². The van der Waals surface area contributed by atoms with E-state index in [2.05, 4.69) is 0 Å². The van der Waals surface area contributed by atoms with Crippen molar-refractivity contribution < 1.29 is 29.0 Å². The molecule has 24 heavy (non-hydrogen) atoms. The molecule has 1 rings (SSSR count). The van der Waals surface area contributed by atoms with Crippen LogP contribution in [0, 0.1) is 5.92 Å². The minimum absolute atomic E-state index is 0.00821. The molecule has 1 aliphatic rings. The van der Waals surface area contributed by atoms with E-state index in [1.807, 2.05) is 20.8 Å². The molecule has 1 N–H and O–H groups in total. The molecule has 8 heteroatoms. The summed E-state index contributed by atoms with van der Waals surface area (Å²) in [5.41, 5.74) is -1.19. The average molecular weight is 405 g/mol. The fourth-order valence-corrected chi connectivity index (χ4v) is 4.74. The molecule has 0 aromatic heterocycles. The number of amides is 1. The molecule has 0 aromatic rings. The first-order valence-electron chi connectivity index (χ1n) is 7.98. The quantitative estimate of drug-likeness (QED) is 0.723. The molecule has 1 amide bonds. The maximum atomic E-state index is 12.2. The SMILES string of the molecule is CC(C)(C)OC(=O)[AsH]C[C@H]1C[C@H](C(=O)O)N(C(=O)OC(C)(C)C)C1. The summed E-state index contributed by atoms with van der Waals surface area (Å²) in [6, 6.07) is -0.893. The fourth-order valence-electron chi connectivity index (χ4n) is 2.37. The van der Waals surface area contributed by atoms with Gasteiger partial charge < -0.3 is 0 Å². The number of carboxylic acid groups (broad SMARTS) is 1. The third-order valence-corrected chi connectivity index (χ3v) is 5.69. The zero-order valence-electron chi connectivity index (χ0n) is 15.2. The standard InChI is InChI=1S/C16H28AsNO6/c1-15(2,3)23-13(21)17-8-10-7-11(12(19)20)18(9-10)14(22)24-16(4,5)6/h10-11,17H,7-9H2,1-6H3,(H,19,20)/t10-,11-/m1/s1. The van der Waals surface area contributed by atoms with Gasteiger partial charge in [0.05, 0.1) is 0 Å². The van der Waals surface area contributed by atoms with Gasteiger partial charge in [0.2, 0.25) is 0 Å². The Kier molecular flexibility index (Phi) is 6.74. The van der Waals surface area contributed by atoms with Gasteiger partial charge in [0, 0.05) is 0 Å². The topological polar surface area (TPSA) is 93.1 Å². The summed E-state index contributed by atoms with van der Waals surface area (Å²) in [5.74, 6) is -1.05. The molecule has 0 bridgehead atoms. The van der Waals surface area contributed by atoms with Crippen molar-refractivity contribution in [3.05, 3.63) is 0 Å². The van der Waals surface area contributed by atoms with Gasteiger partial charge >= 0.3 is 149 Å². The van der Waals surface area contributed by atoms with Crippen molar-refractivity contribution in [1.82, 2.24) is 4.90 Å². The van der Waals surface area contributed by atoms with Crippen LogP contribution in [0.3, 0.4) is 0 Å². The van der Waals surface area contributed by atoms with Gasteiger partial charge in [-0.25, -0.2) is 0 Å². The predicted molar refractivity (Wildman–Crippen MR) is 90.7 cm³/mol. The number of hydrogen-bond acceptors (Lipinski definition) is 5. The Labute approximate surface area is 149 Å². The molecule has 0 spiro atoms. The van der Waals surface area contributed by atoms with E-state index in [4.69, 9.17) is 9.47 Å². The summed E-state index contributed by atoms with van der Waals surface area (Å²) in [7, 11) is 0. The molecule has 138 valence electrons. The Hall–Kier alpha value is -1.23. The molecule has 0 aromatic carbocycles. The zero-order chi connectivity index (χ0) is 18.7. The Morgan fingerprint density at radius 2 is 1.62 bits per heavy atom. The Morgan fingerprint density at radius 1 is 1.08 bits per heavy atom. The van der Waals surface area contributed by atoms with E-state index in [9.17, 15) is 19.5 Å². The van der Waals surface area contributed by atoms with Gasteiger partial charge in [-0.2, -0.15) is 0 Å². The maximum absolute atomic E-state index is 12.2. The van der Waals surface area contributed by atoms with Crippen LogP contribution in [0.15, 0.2) is 0 Å². The first-order valence-corrected chi connectivity index (χ1v) is 10.5. The van der Waals surface area contributed by atoms with Crippen LogP contribution in [-0.4, -0.2) is 66.4 Å². The number of carbonyl (C=O) groups is 3. The summed E-state index contributed by atoms with van der Waals surface area (Å²) in [6.07, 6.45) is -0.268. The first-order chi connectivity index (χ1) is 10.8. The molecule has 1 saturated heterocycles. The third-order valence-electron chi connectivity index (χ3n) is 3.23. The number of aliphatic carboxylic acids is 1. The Balaban J connectivity index is 2.63. The minimum atomic E-state index is -1.04. The van der Waals surface area contributed by atoms with Crippen LogP contribution in [0.25, 0.3) is 0 Å². The van der Waals surface area contributed by atoms with E-state index in [0.29, 0.717) is 18.2 Å². The number of carboxylic acids is 1. The number of hydrogen-bond donors (Lipinski definition) is 1.